The first-order chi connectivity index (χ1) is 16.2. The molecule has 0 atom stereocenters. The van der Waals surface area contributed by atoms with Gasteiger partial charge in [0.15, 0.2) is 0 Å². The van der Waals surface area contributed by atoms with Crippen LogP contribution < -0.4 is 10.0 Å². The fourth-order valence-corrected chi connectivity index (χ4v) is 4.61. The number of nitrogens with one attached hydrogen (secondary N) is 2. The Labute approximate surface area is 200 Å². The van der Waals surface area contributed by atoms with Crippen LogP contribution in [-0.4, -0.2) is 26.9 Å². The lowest BCUT2D eigenvalue weighted by Crippen LogP contribution is -2.17. The fraction of sp³-hybridized carbons (Fsp3) is 0.231. The third-order valence-electron chi connectivity index (χ3n) is 5.24. The number of carbonyl (C=O) groups excluding carboxylic acids is 2. The third-order valence-corrected chi connectivity index (χ3v) is 6.75. The zero-order chi connectivity index (χ0) is 24.7. The maximum atomic E-state index is 13.0. The standard InChI is InChI=1S/C26H28N2O5S/c1-4-5-16-33-26(30)20-12-14-22(15-13-20)27-25(29)21-11-10-19(3)24(17-21)34(31,32)28-23-9-7-6-8-18(23)2/h6-15,17,28H,4-5,16H2,1-3H3,(H,27,29). The SMILES string of the molecule is CCCCOC(=O)c1ccc(NC(=O)c2ccc(C)c(S(=O)(=O)Nc3ccccc3C)c2)cc1. The average molecular weight is 481 g/mol. The van der Waals surface area contributed by atoms with Crippen LogP contribution in [0, 0.1) is 13.8 Å². The number of para-hydroxylation sites is 1. The van der Waals surface area contributed by atoms with Crippen LogP contribution in [0.2, 0.25) is 0 Å². The molecule has 0 aromatic heterocycles. The quantitative estimate of drug-likeness (QED) is 0.319. The van der Waals surface area contributed by atoms with Gasteiger partial charge in [-0.25, -0.2) is 13.2 Å². The van der Waals surface area contributed by atoms with Gasteiger partial charge in [-0.15, -0.1) is 0 Å². The summed E-state index contributed by atoms with van der Waals surface area (Å²) in [5.74, 6) is -0.883. The van der Waals surface area contributed by atoms with Gasteiger partial charge in [-0.05, 0) is 73.9 Å². The zero-order valence-corrected chi connectivity index (χ0v) is 20.2. The Hall–Kier alpha value is -3.65. The molecule has 3 aromatic carbocycles. The van der Waals surface area contributed by atoms with Gasteiger partial charge in [0.1, 0.15) is 0 Å². The Bertz CT molecular complexity index is 1280. The highest BCUT2D eigenvalue weighted by Gasteiger charge is 2.20. The van der Waals surface area contributed by atoms with Crippen molar-refractivity contribution in [1.29, 1.82) is 0 Å². The number of hydrogen-bond donors (Lipinski definition) is 2. The molecule has 0 bridgehead atoms. The van der Waals surface area contributed by atoms with Crippen molar-refractivity contribution in [3.63, 3.8) is 0 Å². The Morgan fingerprint density at radius 3 is 2.24 bits per heavy atom. The molecule has 0 spiro atoms. The summed E-state index contributed by atoms with van der Waals surface area (Å²) >= 11 is 0. The van der Waals surface area contributed by atoms with Gasteiger partial charge >= 0.3 is 5.97 Å². The first-order valence-electron chi connectivity index (χ1n) is 11.0. The zero-order valence-electron chi connectivity index (χ0n) is 19.4. The van der Waals surface area contributed by atoms with Gasteiger partial charge in [0, 0.05) is 11.3 Å². The molecule has 3 aromatic rings. The van der Waals surface area contributed by atoms with E-state index in [4.69, 9.17) is 4.74 Å². The minimum Gasteiger partial charge on any atom is -0.462 e. The number of carbonyl (C=O) groups is 2. The summed E-state index contributed by atoms with van der Waals surface area (Å²) in [4.78, 5) is 24.8. The number of amides is 1. The molecular formula is C26H28N2O5S. The molecule has 3 rings (SSSR count). The van der Waals surface area contributed by atoms with Crippen molar-refractivity contribution in [2.45, 2.75) is 38.5 Å². The van der Waals surface area contributed by atoms with Gasteiger partial charge in [-0.3, -0.25) is 9.52 Å². The van der Waals surface area contributed by atoms with Crippen LogP contribution >= 0.6 is 0 Å². The van der Waals surface area contributed by atoms with E-state index >= 15 is 0 Å². The molecule has 0 saturated carbocycles. The van der Waals surface area contributed by atoms with Crippen LogP contribution in [-0.2, 0) is 14.8 Å². The van der Waals surface area contributed by atoms with E-state index in [1.54, 1.807) is 55.5 Å². The molecule has 8 heteroatoms. The largest absolute Gasteiger partial charge is 0.462 e. The van der Waals surface area contributed by atoms with E-state index < -0.39 is 21.9 Å². The Morgan fingerprint density at radius 2 is 1.56 bits per heavy atom. The van der Waals surface area contributed by atoms with Crippen LogP contribution in [0.3, 0.4) is 0 Å². The van der Waals surface area contributed by atoms with Crippen LogP contribution in [0.1, 0.15) is 51.6 Å². The molecule has 0 saturated heterocycles. The number of benzene rings is 3. The summed E-state index contributed by atoms with van der Waals surface area (Å²) in [5.41, 5.74) is 2.83. The first-order valence-corrected chi connectivity index (χ1v) is 12.5. The van der Waals surface area contributed by atoms with Crippen molar-refractivity contribution >= 4 is 33.3 Å². The molecule has 0 radical (unpaired) electrons. The smallest absolute Gasteiger partial charge is 0.338 e. The maximum Gasteiger partial charge on any atom is 0.338 e. The molecule has 0 aliphatic rings. The van der Waals surface area contributed by atoms with Crippen molar-refractivity contribution in [3.05, 3.63) is 89.0 Å². The average Bonchev–Trinajstić information content (AvgIpc) is 2.81. The van der Waals surface area contributed by atoms with E-state index in [0.717, 1.165) is 18.4 Å². The number of ether oxygens (including phenoxy) is 1. The molecule has 178 valence electrons. The molecule has 0 unspecified atom stereocenters. The summed E-state index contributed by atoms with van der Waals surface area (Å²) in [6.45, 7) is 5.86. The number of anilines is 2. The molecule has 0 aliphatic heterocycles. The summed E-state index contributed by atoms with van der Waals surface area (Å²) in [5, 5.41) is 2.73. The number of hydrogen-bond acceptors (Lipinski definition) is 5. The predicted molar refractivity (Wildman–Crippen MR) is 133 cm³/mol. The summed E-state index contributed by atoms with van der Waals surface area (Å²) in [6.07, 6.45) is 1.73. The lowest BCUT2D eigenvalue weighted by atomic mass is 10.1. The summed E-state index contributed by atoms with van der Waals surface area (Å²) in [7, 11) is -3.90. The predicted octanol–water partition coefficient (Wildman–Crippen LogP) is 5.31. The second kappa shape index (κ2) is 11.0. The second-order valence-electron chi connectivity index (χ2n) is 7.92. The highest BCUT2D eigenvalue weighted by Crippen LogP contribution is 2.23. The third kappa shape index (κ3) is 6.23. The molecule has 34 heavy (non-hydrogen) atoms. The fourth-order valence-electron chi connectivity index (χ4n) is 3.20. The van der Waals surface area contributed by atoms with Crippen molar-refractivity contribution in [3.8, 4) is 0 Å². The monoisotopic (exact) mass is 480 g/mol. The van der Waals surface area contributed by atoms with E-state index in [1.807, 2.05) is 26.0 Å². The molecule has 2 N–H and O–H groups in total. The number of unbranched alkanes of at least 4 members (excludes halogenated alkanes) is 1. The highest BCUT2D eigenvalue weighted by molar-refractivity contribution is 7.92. The minimum absolute atomic E-state index is 0.0218. The summed E-state index contributed by atoms with van der Waals surface area (Å²) in [6, 6.07) is 17.9. The molecule has 0 heterocycles. The molecule has 1 amide bonds. The molecule has 7 nitrogen and oxygen atoms in total. The number of esters is 1. The topological polar surface area (TPSA) is 102 Å². The summed E-state index contributed by atoms with van der Waals surface area (Å²) < 4.78 is 33.8. The highest BCUT2D eigenvalue weighted by atomic mass is 32.2. The van der Waals surface area contributed by atoms with Gasteiger partial charge in [0.2, 0.25) is 0 Å². The van der Waals surface area contributed by atoms with Crippen LogP contribution in [0.5, 0.6) is 0 Å². The van der Waals surface area contributed by atoms with E-state index in [0.29, 0.717) is 29.1 Å². The maximum absolute atomic E-state index is 13.0. The lowest BCUT2D eigenvalue weighted by Gasteiger charge is -2.13. The Kier molecular flexibility index (Phi) is 8.07. The van der Waals surface area contributed by atoms with Gasteiger partial charge in [-0.1, -0.05) is 37.6 Å². The molecule has 0 fully saturated rings. The van der Waals surface area contributed by atoms with Gasteiger partial charge in [0.05, 0.1) is 22.8 Å². The number of sulfonamides is 1. The van der Waals surface area contributed by atoms with E-state index in [-0.39, 0.29) is 10.5 Å². The number of aryl methyl sites for hydroxylation is 2. The molecule has 0 aliphatic carbocycles. The normalized spacial score (nSPS) is 11.0. The minimum atomic E-state index is -3.90. The Morgan fingerprint density at radius 1 is 0.882 bits per heavy atom. The van der Waals surface area contributed by atoms with Crippen LogP contribution in [0.15, 0.2) is 71.6 Å². The van der Waals surface area contributed by atoms with Gasteiger partial charge < -0.3 is 10.1 Å². The van der Waals surface area contributed by atoms with Crippen molar-refractivity contribution < 1.29 is 22.7 Å². The van der Waals surface area contributed by atoms with E-state index in [1.165, 1.54) is 6.07 Å². The number of rotatable bonds is 9. The van der Waals surface area contributed by atoms with Crippen molar-refractivity contribution in [1.82, 2.24) is 0 Å². The Balaban J connectivity index is 1.74. The second-order valence-corrected chi connectivity index (χ2v) is 9.57. The van der Waals surface area contributed by atoms with Crippen LogP contribution in [0.4, 0.5) is 11.4 Å². The van der Waals surface area contributed by atoms with E-state index in [2.05, 4.69) is 10.0 Å². The van der Waals surface area contributed by atoms with Crippen molar-refractivity contribution in [2.75, 3.05) is 16.6 Å². The van der Waals surface area contributed by atoms with Gasteiger partial charge in [-0.2, -0.15) is 0 Å². The first kappa shape index (κ1) is 25.0. The van der Waals surface area contributed by atoms with Crippen LogP contribution in [0.25, 0.3) is 0 Å². The molecular weight excluding hydrogens is 452 g/mol. The van der Waals surface area contributed by atoms with E-state index in [9.17, 15) is 18.0 Å². The lowest BCUT2D eigenvalue weighted by molar-refractivity contribution is 0.0499. The van der Waals surface area contributed by atoms with Gasteiger partial charge in [0.25, 0.3) is 15.9 Å². The van der Waals surface area contributed by atoms with Crippen molar-refractivity contribution in [2.24, 2.45) is 0 Å².